The van der Waals surface area contributed by atoms with Crippen LogP contribution in [-0.2, 0) is 6.42 Å². The van der Waals surface area contributed by atoms with E-state index in [1.54, 1.807) is 0 Å². The van der Waals surface area contributed by atoms with Crippen LogP contribution >= 0.6 is 15.9 Å². The first-order chi connectivity index (χ1) is 9.15. The molecule has 1 aliphatic rings. The van der Waals surface area contributed by atoms with Crippen molar-refractivity contribution in [3.05, 3.63) is 64.7 Å². The quantitative estimate of drug-likeness (QED) is 0.745. The van der Waals surface area contributed by atoms with Gasteiger partial charge in [0.25, 0.3) is 0 Å². The van der Waals surface area contributed by atoms with Gasteiger partial charge in [0.1, 0.15) is 17.4 Å². The zero-order chi connectivity index (χ0) is 13.4. The molecule has 0 saturated heterocycles. The lowest BCUT2D eigenvalue weighted by atomic mass is 10.0. The molecule has 0 saturated carbocycles. The van der Waals surface area contributed by atoms with Crippen LogP contribution in [-0.4, -0.2) is 6.61 Å². The Balaban J connectivity index is 1.97. The van der Waals surface area contributed by atoms with Crippen molar-refractivity contribution < 1.29 is 13.5 Å². The van der Waals surface area contributed by atoms with E-state index in [0.29, 0.717) is 12.2 Å². The molecule has 98 valence electrons. The Morgan fingerprint density at radius 2 is 1.95 bits per heavy atom. The molecule has 0 bridgehead atoms. The number of hydrogen-bond donors (Lipinski definition) is 0. The van der Waals surface area contributed by atoms with Crippen LogP contribution in [0.5, 0.6) is 5.75 Å². The summed E-state index contributed by atoms with van der Waals surface area (Å²) in [5.41, 5.74) is 2.50. The largest absolute Gasteiger partial charge is 0.493 e. The van der Waals surface area contributed by atoms with Gasteiger partial charge in [0.15, 0.2) is 0 Å². The van der Waals surface area contributed by atoms with Gasteiger partial charge in [-0.25, -0.2) is 8.78 Å². The standard InChI is InChI=1S/C15H11BrF2O/c16-15(12-3-2-11(17)8-13(12)18)10-1-4-14-9(7-10)5-6-19-14/h1-4,7-8,15H,5-6H2. The second-order valence-corrected chi connectivity index (χ2v) is 5.41. The Morgan fingerprint density at radius 1 is 1.11 bits per heavy atom. The van der Waals surface area contributed by atoms with Crippen LogP contribution in [0.4, 0.5) is 8.78 Å². The molecule has 0 aliphatic carbocycles. The summed E-state index contributed by atoms with van der Waals surface area (Å²) in [6.07, 6.45) is 0.870. The number of hydrogen-bond acceptors (Lipinski definition) is 1. The Labute approximate surface area is 118 Å². The van der Waals surface area contributed by atoms with Crippen LogP contribution in [0.3, 0.4) is 0 Å². The van der Waals surface area contributed by atoms with Gasteiger partial charge in [-0.15, -0.1) is 0 Å². The third kappa shape index (κ3) is 2.37. The van der Waals surface area contributed by atoms with Crippen LogP contribution in [0, 0.1) is 11.6 Å². The lowest BCUT2D eigenvalue weighted by molar-refractivity contribution is 0.357. The van der Waals surface area contributed by atoms with Gasteiger partial charge in [0, 0.05) is 18.1 Å². The molecule has 3 rings (SSSR count). The topological polar surface area (TPSA) is 9.23 Å². The van der Waals surface area contributed by atoms with Crippen molar-refractivity contribution >= 4 is 15.9 Å². The van der Waals surface area contributed by atoms with Crippen molar-refractivity contribution in [1.29, 1.82) is 0 Å². The number of rotatable bonds is 2. The first-order valence-corrected chi connectivity index (χ1v) is 6.91. The molecule has 0 N–H and O–H groups in total. The smallest absolute Gasteiger partial charge is 0.130 e. The van der Waals surface area contributed by atoms with Crippen molar-refractivity contribution in [2.75, 3.05) is 6.61 Å². The number of fused-ring (bicyclic) bond motifs is 1. The first-order valence-electron chi connectivity index (χ1n) is 6.00. The molecular formula is C15H11BrF2O. The Kier molecular flexibility index (Phi) is 3.27. The zero-order valence-electron chi connectivity index (χ0n) is 10.00. The minimum absolute atomic E-state index is 0.293. The maximum Gasteiger partial charge on any atom is 0.130 e. The van der Waals surface area contributed by atoms with Crippen molar-refractivity contribution in [2.45, 2.75) is 11.2 Å². The molecule has 0 amide bonds. The molecule has 0 fully saturated rings. The second-order valence-electron chi connectivity index (χ2n) is 4.49. The molecule has 4 heteroatoms. The maximum absolute atomic E-state index is 13.8. The average molecular weight is 325 g/mol. The van der Waals surface area contributed by atoms with Crippen molar-refractivity contribution in [3.8, 4) is 5.75 Å². The van der Waals surface area contributed by atoms with E-state index in [1.165, 1.54) is 12.1 Å². The van der Waals surface area contributed by atoms with Gasteiger partial charge < -0.3 is 4.74 Å². The van der Waals surface area contributed by atoms with Gasteiger partial charge in [-0.2, -0.15) is 0 Å². The number of halogens is 3. The molecule has 2 aromatic rings. The van der Waals surface area contributed by atoms with Crippen molar-refractivity contribution in [1.82, 2.24) is 0 Å². The molecule has 0 spiro atoms. The Hall–Kier alpha value is -1.42. The summed E-state index contributed by atoms with van der Waals surface area (Å²) >= 11 is 3.47. The number of ether oxygens (including phenoxy) is 1. The highest BCUT2D eigenvalue weighted by Gasteiger charge is 2.19. The summed E-state index contributed by atoms with van der Waals surface area (Å²) in [6.45, 7) is 0.691. The summed E-state index contributed by atoms with van der Waals surface area (Å²) in [6, 6.07) is 9.43. The predicted octanol–water partition coefficient (Wildman–Crippen LogP) is 4.38. The molecule has 19 heavy (non-hydrogen) atoms. The SMILES string of the molecule is Fc1ccc(C(Br)c2ccc3c(c2)CCO3)c(F)c1. The van der Waals surface area contributed by atoms with Gasteiger partial charge in [-0.1, -0.05) is 34.1 Å². The van der Waals surface area contributed by atoms with E-state index in [-0.39, 0.29) is 4.83 Å². The fourth-order valence-electron chi connectivity index (χ4n) is 2.25. The fourth-order valence-corrected chi connectivity index (χ4v) is 2.91. The monoisotopic (exact) mass is 324 g/mol. The molecule has 1 atom stereocenters. The molecule has 0 radical (unpaired) electrons. The van der Waals surface area contributed by atoms with Gasteiger partial charge in [-0.3, -0.25) is 0 Å². The third-order valence-electron chi connectivity index (χ3n) is 3.24. The third-order valence-corrected chi connectivity index (χ3v) is 4.26. The van der Waals surface area contributed by atoms with Gasteiger partial charge >= 0.3 is 0 Å². The summed E-state index contributed by atoms with van der Waals surface area (Å²) in [7, 11) is 0. The fraction of sp³-hybridized carbons (Fsp3) is 0.200. The molecule has 1 nitrogen and oxygen atoms in total. The maximum atomic E-state index is 13.8. The average Bonchev–Trinajstić information content (AvgIpc) is 2.85. The number of alkyl halides is 1. The summed E-state index contributed by atoms with van der Waals surface area (Å²) in [5, 5.41) is 0. The Bertz CT molecular complexity index is 628. The van der Waals surface area contributed by atoms with Gasteiger partial charge in [-0.05, 0) is 23.3 Å². The first kappa shape index (κ1) is 12.6. The van der Waals surface area contributed by atoms with Crippen LogP contribution in [0.25, 0.3) is 0 Å². The van der Waals surface area contributed by atoms with Gasteiger partial charge in [0.2, 0.25) is 0 Å². The van der Waals surface area contributed by atoms with E-state index in [0.717, 1.165) is 29.4 Å². The van der Waals surface area contributed by atoms with Gasteiger partial charge in [0.05, 0.1) is 11.4 Å². The zero-order valence-corrected chi connectivity index (χ0v) is 11.6. The molecule has 1 heterocycles. The molecule has 1 aliphatic heterocycles. The summed E-state index contributed by atoms with van der Waals surface area (Å²) in [5.74, 6) is -0.218. The van der Waals surface area contributed by atoms with E-state index in [4.69, 9.17) is 4.74 Å². The summed E-state index contributed by atoms with van der Waals surface area (Å²) < 4.78 is 32.1. The highest BCUT2D eigenvalue weighted by atomic mass is 79.9. The van der Waals surface area contributed by atoms with E-state index in [1.807, 2.05) is 18.2 Å². The predicted molar refractivity (Wildman–Crippen MR) is 72.8 cm³/mol. The molecule has 1 unspecified atom stereocenters. The van der Waals surface area contributed by atoms with Crippen LogP contribution in [0.2, 0.25) is 0 Å². The van der Waals surface area contributed by atoms with Crippen LogP contribution in [0.1, 0.15) is 21.5 Å². The van der Waals surface area contributed by atoms with E-state index in [2.05, 4.69) is 15.9 Å². The second kappa shape index (κ2) is 4.93. The lowest BCUT2D eigenvalue weighted by Gasteiger charge is -2.13. The molecular weight excluding hydrogens is 314 g/mol. The molecule has 0 aromatic heterocycles. The number of benzene rings is 2. The lowest BCUT2D eigenvalue weighted by Crippen LogP contribution is -1.98. The minimum Gasteiger partial charge on any atom is -0.493 e. The normalized spacial score (nSPS) is 14.9. The van der Waals surface area contributed by atoms with Crippen LogP contribution in [0.15, 0.2) is 36.4 Å². The van der Waals surface area contributed by atoms with Crippen molar-refractivity contribution in [2.24, 2.45) is 0 Å². The van der Waals surface area contributed by atoms with Crippen LogP contribution < -0.4 is 4.74 Å². The van der Waals surface area contributed by atoms with E-state index in [9.17, 15) is 8.78 Å². The highest BCUT2D eigenvalue weighted by Crippen LogP contribution is 2.36. The highest BCUT2D eigenvalue weighted by molar-refractivity contribution is 9.09. The van der Waals surface area contributed by atoms with E-state index < -0.39 is 11.6 Å². The Morgan fingerprint density at radius 3 is 2.74 bits per heavy atom. The van der Waals surface area contributed by atoms with Crippen molar-refractivity contribution in [3.63, 3.8) is 0 Å². The minimum atomic E-state index is -0.566. The molecule has 2 aromatic carbocycles. The summed E-state index contributed by atoms with van der Waals surface area (Å²) in [4.78, 5) is -0.293. The van der Waals surface area contributed by atoms with E-state index >= 15 is 0 Å².